The molecule has 1 radical (unpaired) electrons. The topological polar surface area (TPSA) is 99.3 Å². The molecule has 2 amide bonds. The van der Waals surface area contributed by atoms with Gasteiger partial charge in [0, 0.05) is 24.3 Å². The van der Waals surface area contributed by atoms with Crippen molar-refractivity contribution in [1.29, 1.82) is 0 Å². The molecule has 0 aromatic heterocycles. The van der Waals surface area contributed by atoms with Gasteiger partial charge in [-0.1, -0.05) is 96.0 Å². The molecule has 46 heavy (non-hydrogen) atoms. The Hall–Kier alpha value is -3.93. The van der Waals surface area contributed by atoms with Gasteiger partial charge in [-0.2, -0.15) is 4.72 Å². The van der Waals surface area contributed by atoms with Crippen LogP contribution in [0.25, 0.3) is 11.1 Å². The number of hydrogen-bond acceptors (Lipinski definition) is 6. The monoisotopic (exact) mass is 679 g/mol. The third-order valence-corrected chi connectivity index (χ3v) is 9.71. The molecule has 4 aromatic rings. The van der Waals surface area contributed by atoms with Crippen LogP contribution >= 0.6 is 23.2 Å². The van der Waals surface area contributed by atoms with Crippen molar-refractivity contribution in [1.82, 2.24) is 9.73 Å². The van der Waals surface area contributed by atoms with Gasteiger partial charge in [0.05, 0.1) is 28.8 Å². The SMILES string of the molecule is O=C(CCOC(=O)N(c1ccccc1-c1ccccc1)N1CC[CH]CC1)N(CNS(=O)(=O)c1c(Cl)cccc1Cl)c1ccccc1. The predicted molar refractivity (Wildman–Crippen MR) is 181 cm³/mol. The van der Waals surface area contributed by atoms with E-state index in [1.54, 1.807) is 35.3 Å². The number of piperidine rings is 1. The van der Waals surface area contributed by atoms with E-state index in [0.29, 0.717) is 24.5 Å². The number of hydrogen-bond donors (Lipinski definition) is 1. The molecule has 1 N–H and O–H groups in total. The number of nitrogens with zero attached hydrogens (tertiary/aromatic N) is 3. The van der Waals surface area contributed by atoms with Crippen LogP contribution in [0.15, 0.2) is 108 Å². The zero-order valence-electron chi connectivity index (χ0n) is 24.9. The first kappa shape index (κ1) is 33.4. The number of ether oxygens (including phenoxy) is 1. The van der Waals surface area contributed by atoms with Gasteiger partial charge in [-0.3, -0.25) is 9.69 Å². The second-order valence-electron chi connectivity index (χ2n) is 10.4. The van der Waals surface area contributed by atoms with Crippen molar-refractivity contribution in [2.75, 3.05) is 36.3 Å². The number of sulfonamides is 1. The molecule has 1 aliphatic heterocycles. The summed E-state index contributed by atoms with van der Waals surface area (Å²) in [5.41, 5.74) is 2.95. The standard InChI is InChI=1S/C34H33Cl2N4O5S/c35-29-18-12-19-30(36)33(29)46(43,44)37-25-39(27-15-6-2-7-16-27)32(41)21-24-45-34(42)40(38-22-10-3-11-23-38)31-20-9-8-17-28(31)26-13-4-1-5-14-26/h1-9,12-20,37H,10-11,21-25H2. The number of benzene rings is 4. The van der Waals surface area contributed by atoms with Crippen molar-refractivity contribution < 1.29 is 22.7 Å². The molecule has 1 saturated heterocycles. The summed E-state index contributed by atoms with van der Waals surface area (Å²) in [6.07, 6.45) is 3.01. The van der Waals surface area contributed by atoms with E-state index in [1.807, 2.05) is 59.6 Å². The summed E-state index contributed by atoms with van der Waals surface area (Å²) in [5.74, 6) is -0.462. The maximum atomic E-state index is 13.7. The second kappa shape index (κ2) is 15.6. The Morgan fingerprint density at radius 2 is 1.41 bits per heavy atom. The van der Waals surface area contributed by atoms with Gasteiger partial charge in [0.1, 0.15) is 11.5 Å². The first-order valence-corrected chi connectivity index (χ1v) is 17.0. The van der Waals surface area contributed by atoms with Crippen LogP contribution in [0, 0.1) is 6.42 Å². The summed E-state index contributed by atoms with van der Waals surface area (Å²) >= 11 is 12.3. The van der Waals surface area contributed by atoms with Crippen molar-refractivity contribution in [3.63, 3.8) is 0 Å². The number of hydrazine groups is 1. The van der Waals surface area contributed by atoms with Gasteiger partial charge in [0.2, 0.25) is 15.9 Å². The van der Waals surface area contributed by atoms with Crippen LogP contribution in [0.1, 0.15) is 19.3 Å². The van der Waals surface area contributed by atoms with E-state index in [0.717, 1.165) is 24.0 Å². The van der Waals surface area contributed by atoms with Crippen LogP contribution < -0.4 is 14.6 Å². The highest BCUT2D eigenvalue weighted by atomic mass is 35.5. The number of nitrogens with one attached hydrogen (secondary N) is 1. The van der Waals surface area contributed by atoms with Gasteiger partial charge in [0.25, 0.3) is 0 Å². The van der Waals surface area contributed by atoms with E-state index in [9.17, 15) is 18.0 Å². The van der Waals surface area contributed by atoms with Crippen molar-refractivity contribution in [2.45, 2.75) is 24.2 Å². The number of carbonyl (C=O) groups excluding carboxylic acids is 2. The quantitative estimate of drug-likeness (QED) is 0.169. The molecule has 0 aliphatic carbocycles. The lowest BCUT2D eigenvalue weighted by Crippen LogP contribution is -2.50. The second-order valence-corrected chi connectivity index (χ2v) is 12.9. The minimum absolute atomic E-state index is 0.0468. The van der Waals surface area contributed by atoms with Gasteiger partial charge in [0.15, 0.2) is 0 Å². The predicted octanol–water partition coefficient (Wildman–Crippen LogP) is 7.18. The molecular weight excluding hydrogens is 647 g/mol. The van der Waals surface area contributed by atoms with E-state index in [4.69, 9.17) is 27.9 Å². The zero-order valence-corrected chi connectivity index (χ0v) is 27.2. The maximum absolute atomic E-state index is 13.7. The van der Waals surface area contributed by atoms with Crippen molar-refractivity contribution >= 4 is 56.6 Å². The van der Waals surface area contributed by atoms with Crippen LogP contribution in [0.4, 0.5) is 16.2 Å². The lowest BCUT2D eigenvalue weighted by molar-refractivity contribution is -0.119. The van der Waals surface area contributed by atoms with Crippen molar-refractivity contribution in [3.8, 4) is 11.1 Å². The molecule has 0 atom stereocenters. The molecule has 239 valence electrons. The van der Waals surface area contributed by atoms with Gasteiger partial charge >= 0.3 is 6.09 Å². The fourth-order valence-corrected chi connectivity index (χ4v) is 7.24. The molecular formula is C34H33Cl2N4O5S. The molecule has 5 rings (SSSR count). The molecule has 0 spiro atoms. The van der Waals surface area contributed by atoms with Gasteiger partial charge in [-0.15, -0.1) is 0 Å². The molecule has 1 aliphatic rings. The first-order chi connectivity index (χ1) is 22.3. The first-order valence-electron chi connectivity index (χ1n) is 14.7. The number of rotatable bonds is 11. The molecule has 0 bridgehead atoms. The summed E-state index contributed by atoms with van der Waals surface area (Å²) in [6.45, 7) is 0.638. The van der Waals surface area contributed by atoms with Gasteiger partial charge in [-0.25, -0.2) is 23.2 Å². The van der Waals surface area contributed by atoms with Gasteiger partial charge in [-0.05, 0) is 55.2 Å². The van der Waals surface area contributed by atoms with Crippen LogP contribution in [-0.2, 0) is 19.6 Å². The Morgan fingerprint density at radius 1 is 0.804 bits per heavy atom. The zero-order chi connectivity index (χ0) is 32.5. The summed E-state index contributed by atoms with van der Waals surface area (Å²) in [6, 6.07) is 30.4. The Labute approximate surface area is 279 Å². The molecule has 1 fully saturated rings. The lowest BCUT2D eigenvalue weighted by Gasteiger charge is -2.37. The van der Waals surface area contributed by atoms with E-state index in [-0.39, 0.29) is 28.0 Å². The Bertz CT molecular complexity index is 1730. The van der Waals surface area contributed by atoms with Crippen molar-refractivity contribution in [2.24, 2.45) is 0 Å². The molecule has 4 aromatic carbocycles. The minimum atomic E-state index is -4.18. The number of carbonyl (C=O) groups is 2. The highest BCUT2D eigenvalue weighted by Gasteiger charge is 2.29. The fraction of sp³-hybridized carbons (Fsp3) is 0.206. The largest absolute Gasteiger partial charge is 0.448 e. The number of amides is 2. The van der Waals surface area contributed by atoms with Gasteiger partial charge < -0.3 is 4.74 Å². The normalized spacial score (nSPS) is 13.6. The minimum Gasteiger partial charge on any atom is -0.448 e. The third-order valence-electron chi connectivity index (χ3n) is 7.37. The summed E-state index contributed by atoms with van der Waals surface area (Å²) in [5, 5.41) is 3.41. The summed E-state index contributed by atoms with van der Waals surface area (Å²) in [4.78, 5) is 28.2. The average Bonchev–Trinajstić information content (AvgIpc) is 3.06. The van der Waals surface area contributed by atoms with E-state index in [1.165, 1.54) is 23.1 Å². The molecule has 0 unspecified atom stereocenters. The van der Waals surface area contributed by atoms with Crippen LogP contribution in [0.5, 0.6) is 0 Å². The molecule has 12 heteroatoms. The molecule has 9 nitrogen and oxygen atoms in total. The number of halogens is 2. The van der Waals surface area contributed by atoms with Crippen LogP contribution in [0.2, 0.25) is 10.0 Å². The van der Waals surface area contributed by atoms with Crippen LogP contribution in [0.3, 0.4) is 0 Å². The fourth-order valence-electron chi connectivity index (χ4n) is 5.14. The maximum Gasteiger partial charge on any atom is 0.429 e. The van der Waals surface area contributed by atoms with Crippen LogP contribution in [-0.4, -0.2) is 51.8 Å². The summed E-state index contributed by atoms with van der Waals surface area (Å²) < 4.78 is 34.4. The Kier molecular flexibility index (Phi) is 11.3. The Morgan fingerprint density at radius 3 is 2.09 bits per heavy atom. The highest BCUT2D eigenvalue weighted by molar-refractivity contribution is 7.89. The average molecular weight is 681 g/mol. The lowest BCUT2D eigenvalue weighted by atomic mass is 10.0. The van der Waals surface area contributed by atoms with E-state index in [2.05, 4.69) is 11.1 Å². The van der Waals surface area contributed by atoms with Crippen molar-refractivity contribution in [3.05, 3.63) is 120 Å². The van der Waals surface area contributed by atoms with E-state index >= 15 is 0 Å². The highest BCUT2D eigenvalue weighted by Crippen LogP contribution is 2.33. The van der Waals surface area contributed by atoms with E-state index < -0.39 is 28.7 Å². The molecule has 1 heterocycles. The smallest absolute Gasteiger partial charge is 0.429 e. The number of anilines is 2. The number of para-hydroxylation sites is 2. The Balaban J connectivity index is 1.32. The summed E-state index contributed by atoms with van der Waals surface area (Å²) in [7, 11) is -4.18. The third kappa shape index (κ3) is 8.07. The molecule has 0 saturated carbocycles.